The van der Waals surface area contributed by atoms with E-state index in [1.807, 2.05) is 24.4 Å². The Labute approximate surface area is 226 Å². The summed E-state index contributed by atoms with van der Waals surface area (Å²) in [5.74, 6) is -0.764. The van der Waals surface area contributed by atoms with E-state index < -0.39 is 23.8 Å². The minimum Gasteiger partial charge on any atom is -0.496 e. The minimum absolute atomic E-state index is 0.0189. The second kappa shape index (κ2) is 11.9. The molecule has 1 amide bonds. The van der Waals surface area contributed by atoms with Gasteiger partial charge in [-0.1, -0.05) is 6.07 Å². The van der Waals surface area contributed by atoms with Crippen LogP contribution in [-0.4, -0.2) is 82.9 Å². The highest BCUT2D eigenvalue weighted by molar-refractivity contribution is 5.92. The van der Waals surface area contributed by atoms with Gasteiger partial charge in [-0.05, 0) is 73.2 Å². The van der Waals surface area contributed by atoms with Crippen LogP contribution in [0.15, 0.2) is 48.7 Å². The number of methoxy groups -OCH3 is 1. The van der Waals surface area contributed by atoms with Gasteiger partial charge in [0.1, 0.15) is 17.4 Å². The molecule has 0 spiro atoms. The molecule has 2 aliphatic heterocycles. The monoisotopic (exact) mass is 539 g/mol. The second-order valence-electron chi connectivity index (χ2n) is 10.6. The maximum absolute atomic E-state index is 13.4. The largest absolute Gasteiger partial charge is 0.496 e. The van der Waals surface area contributed by atoms with Gasteiger partial charge in [-0.25, -0.2) is 8.78 Å². The van der Waals surface area contributed by atoms with Gasteiger partial charge in [-0.2, -0.15) is 0 Å². The zero-order chi connectivity index (χ0) is 27.5. The summed E-state index contributed by atoms with van der Waals surface area (Å²) in [6.07, 6.45) is 5.71. The third-order valence-electron chi connectivity index (χ3n) is 8.13. The maximum atomic E-state index is 13.4. The van der Waals surface area contributed by atoms with Crippen molar-refractivity contribution in [1.29, 1.82) is 0 Å². The van der Waals surface area contributed by atoms with Crippen molar-refractivity contribution in [2.45, 2.75) is 37.4 Å². The van der Waals surface area contributed by atoms with Crippen LogP contribution in [0.5, 0.6) is 5.75 Å². The van der Waals surface area contributed by atoms with E-state index in [1.165, 1.54) is 24.3 Å². The van der Waals surface area contributed by atoms with Crippen LogP contribution in [0, 0.1) is 17.6 Å². The van der Waals surface area contributed by atoms with Crippen LogP contribution < -0.4 is 4.74 Å². The van der Waals surface area contributed by atoms with E-state index in [0.29, 0.717) is 44.6 Å². The van der Waals surface area contributed by atoms with E-state index in [1.54, 1.807) is 12.0 Å². The Balaban J connectivity index is 1.11. The summed E-state index contributed by atoms with van der Waals surface area (Å²) in [5.41, 5.74) is 2.34. The Morgan fingerprint density at radius 1 is 1.15 bits per heavy atom. The molecule has 3 aromatic rings. The molecule has 2 saturated heterocycles. The van der Waals surface area contributed by atoms with Crippen LogP contribution in [0.2, 0.25) is 0 Å². The number of carbonyl (C=O) groups excluding carboxylic acids is 1. The zero-order valence-corrected chi connectivity index (χ0v) is 22.0. The maximum Gasteiger partial charge on any atom is 0.246 e. The van der Waals surface area contributed by atoms with Crippen LogP contribution >= 0.6 is 0 Å². The lowest BCUT2D eigenvalue weighted by atomic mass is 9.85. The Hall–Kier alpha value is -3.27. The molecule has 7 nitrogen and oxygen atoms in total. The van der Waals surface area contributed by atoms with Crippen LogP contribution in [0.25, 0.3) is 17.0 Å². The van der Waals surface area contributed by atoms with Crippen molar-refractivity contribution in [2.75, 3.05) is 39.8 Å². The number of piperidine rings is 2. The van der Waals surface area contributed by atoms with Gasteiger partial charge in [0.15, 0.2) is 0 Å². The van der Waals surface area contributed by atoms with Crippen LogP contribution in [0.3, 0.4) is 0 Å². The highest BCUT2D eigenvalue weighted by atomic mass is 19.1. The average Bonchev–Trinajstić information content (AvgIpc) is 3.35. The van der Waals surface area contributed by atoms with E-state index in [9.17, 15) is 23.8 Å². The zero-order valence-electron chi connectivity index (χ0n) is 22.0. The normalized spacial score (nSPS) is 22.0. The fourth-order valence-electron chi connectivity index (χ4n) is 6.03. The number of benzene rings is 2. The van der Waals surface area contributed by atoms with Gasteiger partial charge in [0.2, 0.25) is 5.91 Å². The highest BCUT2D eigenvalue weighted by Gasteiger charge is 2.34. The number of amides is 1. The molecule has 2 aromatic carbocycles. The molecule has 3 unspecified atom stereocenters. The molecule has 39 heavy (non-hydrogen) atoms. The van der Waals surface area contributed by atoms with Crippen molar-refractivity contribution in [3.8, 4) is 5.75 Å². The van der Waals surface area contributed by atoms with Gasteiger partial charge in [0.05, 0.1) is 19.3 Å². The SMILES string of the molecule is COc1cccc2[nH]cc(C3CCN(CC(O)C4CCN(C(=O)/C=C/c5cc(F)cc(F)c5)CC4)CC3O)c12. The number of carbonyl (C=O) groups is 1. The number of fused-ring (bicyclic) bond motifs is 1. The summed E-state index contributed by atoms with van der Waals surface area (Å²) < 4.78 is 32.3. The number of aliphatic hydroxyl groups excluding tert-OH is 2. The number of aromatic nitrogens is 1. The van der Waals surface area contributed by atoms with Crippen LogP contribution in [0.4, 0.5) is 8.78 Å². The van der Waals surface area contributed by atoms with E-state index in [2.05, 4.69) is 9.88 Å². The number of ether oxygens (including phenoxy) is 1. The van der Waals surface area contributed by atoms with Crippen molar-refractivity contribution in [3.05, 3.63) is 71.4 Å². The summed E-state index contributed by atoms with van der Waals surface area (Å²) in [4.78, 5) is 19.7. The van der Waals surface area contributed by atoms with Crippen molar-refractivity contribution in [1.82, 2.24) is 14.8 Å². The molecule has 3 heterocycles. The molecule has 0 aliphatic carbocycles. The summed E-state index contributed by atoms with van der Waals surface area (Å²) in [6.45, 7) is 2.74. The number of β-amino-alcohol motifs (C(OH)–C–C–N with tert-alkyl or cyclic N) is 2. The van der Waals surface area contributed by atoms with Crippen molar-refractivity contribution in [3.63, 3.8) is 0 Å². The second-order valence-corrected chi connectivity index (χ2v) is 10.6. The first kappa shape index (κ1) is 27.3. The average molecular weight is 540 g/mol. The topological polar surface area (TPSA) is 89.0 Å². The number of H-pyrrole nitrogens is 1. The van der Waals surface area contributed by atoms with Crippen molar-refractivity contribution >= 4 is 22.9 Å². The van der Waals surface area contributed by atoms with Gasteiger partial charge in [0.25, 0.3) is 0 Å². The predicted octanol–water partition coefficient (Wildman–Crippen LogP) is 3.92. The molecule has 0 bridgehead atoms. The molecule has 1 aromatic heterocycles. The lowest BCUT2D eigenvalue weighted by Crippen LogP contribution is -2.48. The van der Waals surface area contributed by atoms with Gasteiger partial charge in [-0.3, -0.25) is 9.69 Å². The molecule has 5 rings (SSSR count). The molecule has 2 fully saturated rings. The first-order valence-corrected chi connectivity index (χ1v) is 13.5. The third-order valence-corrected chi connectivity index (χ3v) is 8.13. The molecule has 0 saturated carbocycles. The first-order chi connectivity index (χ1) is 18.8. The number of rotatable bonds is 7. The lowest BCUT2D eigenvalue weighted by Gasteiger charge is -2.39. The Morgan fingerprint density at radius 2 is 1.90 bits per heavy atom. The van der Waals surface area contributed by atoms with Gasteiger partial charge in [-0.15, -0.1) is 0 Å². The fraction of sp³-hybridized carbons (Fsp3) is 0.433. The molecule has 9 heteroatoms. The molecular formula is C30H35F2N3O4. The summed E-state index contributed by atoms with van der Waals surface area (Å²) in [5, 5.41) is 23.0. The number of halogens is 2. The van der Waals surface area contributed by atoms with Gasteiger partial charge < -0.3 is 24.8 Å². The predicted molar refractivity (Wildman–Crippen MR) is 145 cm³/mol. The number of hydrogen-bond donors (Lipinski definition) is 3. The van der Waals surface area contributed by atoms with E-state index >= 15 is 0 Å². The molecule has 3 atom stereocenters. The smallest absolute Gasteiger partial charge is 0.246 e. The molecule has 2 aliphatic rings. The first-order valence-electron chi connectivity index (χ1n) is 13.5. The summed E-state index contributed by atoms with van der Waals surface area (Å²) in [7, 11) is 1.65. The van der Waals surface area contributed by atoms with Gasteiger partial charge >= 0.3 is 0 Å². The molecule has 0 radical (unpaired) electrons. The van der Waals surface area contributed by atoms with E-state index in [4.69, 9.17) is 4.74 Å². The molecular weight excluding hydrogens is 504 g/mol. The molecule has 208 valence electrons. The van der Waals surface area contributed by atoms with E-state index in [0.717, 1.165) is 41.2 Å². The molecule has 3 N–H and O–H groups in total. The minimum atomic E-state index is -0.688. The van der Waals surface area contributed by atoms with Crippen molar-refractivity contribution in [2.24, 2.45) is 5.92 Å². The number of aromatic amines is 1. The number of nitrogens with zero attached hydrogens (tertiary/aromatic N) is 2. The van der Waals surface area contributed by atoms with Crippen molar-refractivity contribution < 1.29 is 28.5 Å². The highest BCUT2D eigenvalue weighted by Crippen LogP contribution is 2.38. The number of nitrogens with one attached hydrogen (secondary N) is 1. The van der Waals surface area contributed by atoms with Gasteiger partial charge in [0, 0.05) is 61.3 Å². The quantitative estimate of drug-likeness (QED) is 0.396. The summed E-state index contributed by atoms with van der Waals surface area (Å²) in [6, 6.07) is 9.00. The summed E-state index contributed by atoms with van der Waals surface area (Å²) >= 11 is 0. The fourth-order valence-corrected chi connectivity index (χ4v) is 6.03. The van der Waals surface area contributed by atoms with Crippen LogP contribution in [0.1, 0.15) is 36.3 Å². The number of likely N-dealkylation sites (tertiary alicyclic amines) is 2. The Morgan fingerprint density at radius 3 is 2.59 bits per heavy atom. The standard InChI is InChI=1S/C30H35F2N3O4/c1-39-28-4-2-3-25-30(28)24(16-33-25)23-9-10-34(18-27(23)37)17-26(36)20-7-11-35(12-8-20)29(38)6-5-19-13-21(31)15-22(32)14-19/h2-6,13-16,20,23,26-27,33,36-37H,7-12,17-18H2,1H3/b6-5+. The lowest BCUT2D eigenvalue weighted by molar-refractivity contribution is -0.128. The third kappa shape index (κ3) is 6.16. The number of aliphatic hydroxyl groups is 2. The Kier molecular flexibility index (Phi) is 8.30. The Bertz CT molecular complexity index is 1310. The van der Waals surface area contributed by atoms with E-state index in [-0.39, 0.29) is 17.7 Å². The van der Waals surface area contributed by atoms with Crippen LogP contribution in [-0.2, 0) is 4.79 Å². The number of hydrogen-bond acceptors (Lipinski definition) is 5.